The predicted molar refractivity (Wildman–Crippen MR) is 51.8 cm³/mol. The van der Waals surface area contributed by atoms with Crippen LogP contribution in [0.2, 0.25) is 0 Å². The van der Waals surface area contributed by atoms with Crippen LogP contribution in [0.1, 0.15) is 10.5 Å². The number of methoxy groups -OCH3 is 1. The molecule has 1 heterocycles. The first kappa shape index (κ1) is 10.5. The predicted octanol–water partition coefficient (Wildman–Crippen LogP) is -0.290. The molecule has 0 aliphatic heterocycles. The van der Waals surface area contributed by atoms with Crippen LogP contribution in [0.3, 0.4) is 0 Å². The van der Waals surface area contributed by atoms with Crippen molar-refractivity contribution in [3.05, 3.63) is 11.9 Å². The Morgan fingerprint density at radius 2 is 2.50 bits per heavy atom. The standard InChI is InChI=1S/C8H14N4O2/c1-12(3-4-14-2)8(13)7-6(9)5-10-11-7/h5H,3-4,9H2,1-2H3,(H,10,11). The second-order valence-electron chi connectivity index (χ2n) is 2.92. The quantitative estimate of drug-likeness (QED) is 0.696. The molecule has 6 heteroatoms. The molecule has 3 N–H and O–H groups in total. The summed E-state index contributed by atoms with van der Waals surface area (Å²) in [4.78, 5) is 13.2. The number of nitrogens with zero attached hydrogens (tertiary/aromatic N) is 2. The highest BCUT2D eigenvalue weighted by atomic mass is 16.5. The lowest BCUT2D eigenvalue weighted by Crippen LogP contribution is -2.30. The number of nitrogen functional groups attached to an aromatic ring is 1. The van der Waals surface area contributed by atoms with Gasteiger partial charge in [0.25, 0.3) is 5.91 Å². The van der Waals surface area contributed by atoms with Crippen LogP contribution in [-0.2, 0) is 4.74 Å². The molecule has 1 amide bonds. The van der Waals surface area contributed by atoms with Crippen LogP contribution in [0, 0.1) is 0 Å². The van der Waals surface area contributed by atoms with Crippen molar-refractivity contribution >= 4 is 11.6 Å². The molecule has 0 unspecified atom stereocenters. The number of likely N-dealkylation sites (N-methyl/N-ethyl adjacent to an activating group) is 1. The number of aromatic amines is 1. The molecule has 0 radical (unpaired) electrons. The zero-order valence-corrected chi connectivity index (χ0v) is 8.28. The lowest BCUT2D eigenvalue weighted by atomic mass is 10.3. The maximum atomic E-state index is 11.7. The SMILES string of the molecule is COCCN(C)C(=O)c1[nH]ncc1N. The lowest BCUT2D eigenvalue weighted by molar-refractivity contribution is 0.0739. The molecular weight excluding hydrogens is 184 g/mol. The van der Waals surface area contributed by atoms with E-state index in [4.69, 9.17) is 10.5 Å². The van der Waals surface area contributed by atoms with Gasteiger partial charge < -0.3 is 15.4 Å². The Morgan fingerprint density at radius 3 is 3.00 bits per heavy atom. The molecule has 0 aromatic carbocycles. The average molecular weight is 198 g/mol. The van der Waals surface area contributed by atoms with Crippen molar-refractivity contribution in [2.24, 2.45) is 0 Å². The van der Waals surface area contributed by atoms with Crippen molar-refractivity contribution in [1.82, 2.24) is 15.1 Å². The van der Waals surface area contributed by atoms with Gasteiger partial charge in [-0.25, -0.2) is 0 Å². The summed E-state index contributed by atoms with van der Waals surface area (Å²) in [6, 6.07) is 0. The lowest BCUT2D eigenvalue weighted by Gasteiger charge is -2.15. The third-order valence-corrected chi connectivity index (χ3v) is 1.86. The Morgan fingerprint density at radius 1 is 1.79 bits per heavy atom. The molecule has 0 saturated carbocycles. The minimum Gasteiger partial charge on any atom is -0.396 e. The highest BCUT2D eigenvalue weighted by molar-refractivity contribution is 5.96. The Kier molecular flexibility index (Phi) is 3.47. The molecule has 0 aliphatic carbocycles. The van der Waals surface area contributed by atoms with E-state index >= 15 is 0 Å². The van der Waals surface area contributed by atoms with Crippen molar-refractivity contribution in [1.29, 1.82) is 0 Å². The summed E-state index contributed by atoms with van der Waals surface area (Å²) in [5, 5.41) is 6.23. The zero-order chi connectivity index (χ0) is 10.6. The summed E-state index contributed by atoms with van der Waals surface area (Å²) in [7, 11) is 3.27. The molecule has 1 aromatic heterocycles. The van der Waals surface area contributed by atoms with Gasteiger partial charge in [-0.1, -0.05) is 0 Å². The first-order chi connectivity index (χ1) is 6.66. The molecule has 14 heavy (non-hydrogen) atoms. The van der Waals surface area contributed by atoms with Crippen molar-refractivity contribution < 1.29 is 9.53 Å². The molecule has 6 nitrogen and oxygen atoms in total. The number of hydrogen-bond donors (Lipinski definition) is 2. The Balaban J connectivity index is 2.61. The third-order valence-electron chi connectivity index (χ3n) is 1.86. The summed E-state index contributed by atoms with van der Waals surface area (Å²) in [6.45, 7) is 1.02. The fourth-order valence-corrected chi connectivity index (χ4v) is 0.987. The molecular formula is C8H14N4O2. The molecule has 0 saturated heterocycles. The minimum atomic E-state index is -0.183. The van der Waals surface area contributed by atoms with Gasteiger partial charge in [0.05, 0.1) is 18.5 Å². The van der Waals surface area contributed by atoms with Crippen LogP contribution in [0.5, 0.6) is 0 Å². The zero-order valence-electron chi connectivity index (χ0n) is 8.28. The molecule has 0 bridgehead atoms. The van der Waals surface area contributed by atoms with Crippen LogP contribution in [0.25, 0.3) is 0 Å². The average Bonchev–Trinajstić information content (AvgIpc) is 2.59. The van der Waals surface area contributed by atoms with E-state index < -0.39 is 0 Å². The van der Waals surface area contributed by atoms with E-state index in [1.165, 1.54) is 11.1 Å². The van der Waals surface area contributed by atoms with Crippen LogP contribution >= 0.6 is 0 Å². The van der Waals surface area contributed by atoms with Crippen molar-refractivity contribution in [2.45, 2.75) is 0 Å². The number of nitrogens with two attached hydrogens (primary N) is 1. The number of amides is 1. The molecule has 1 aromatic rings. The first-order valence-corrected chi connectivity index (χ1v) is 4.20. The number of aromatic nitrogens is 2. The number of ether oxygens (including phenoxy) is 1. The van der Waals surface area contributed by atoms with Crippen LogP contribution in [0.4, 0.5) is 5.69 Å². The van der Waals surface area contributed by atoms with Crippen molar-refractivity contribution in [3.8, 4) is 0 Å². The highest BCUT2D eigenvalue weighted by Crippen LogP contribution is 2.08. The van der Waals surface area contributed by atoms with E-state index in [0.29, 0.717) is 24.5 Å². The largest absolute Gasteiger partial charge is 0.396 e. The van der Waals surface area contributed by atoms with Gasteiger partial charge in [0.15, 0.2) is 0 Å². The molecule has 0 atom stereocenters. The topological polar surface area (TPSA) is 84.2 Å². The van der Waals surface area contributed by atoms with Gasteiger partial charge in [-0.05, 0) is 0 Å². The molecule has 0 spiro atoms. The summed E-state index contributed by atoms with van der Waals surface area (Å²) < 4.78 is 4.86. The van der Waals surface area contributed by atoms with Gasteiger partial charge in [-0.3, -0.25) is 9.89 Å². The Hall–Kier alpha value is -1.56. The second kappa shape index (κ2) is 4.61. The Bertz CT molecular complexity index is 310. The monoisotopic (exact) mass is 198 g/mol. The van der Waals surface area contributed by atoms with Gasteiger partial charge in [-0.2, -0.15) is 5.10 Å². The fraction of sp³-hybridized carbons (Fsp3) is 0.500. The van der Waals surface area contributed by atoms with Gasteiger partial charge in [0.2, 0.25) is 0 Å². The van der Waals surface area contributed by atoms with E-state index in [1.807, 2.05) is 0 Å². The number of nitrogens with one attached hydrogen (secondary N) is 1. The molecule has 1 rings (SSSR count). The summed E-state index contributed by atoms with van der Waals surface area (Å²) in [6.07, 6.45) is 1.41. The highest BCUT2D eigenvalue weighted by Gasteiger charge is 2.15. The number of carbonyl (C=O) groups excluding carboxylic acids is 1. The number of anilines is 1. The van der Waals surface area contributed by atoms with Gasteiger partial charge >= 0.3 is 0 Å². The number of rotatable bonds is 4. The van der Waals surface area contributed by atoms with Gasteiger partial charge in [0.1, 0.15) is 5.69 Å². The summed E-state index contributed by atoms with van der Waals surface area (Å²) in [5.74, 6) is -0.183. The van der Waals surface area contributed by atoms with Gasteiger partial charge in [-0.15, -0.1) is 0 Å². The maximum Gasteiger partial charge on any atom is 0.273 e. The smallest absolute Gasteiger partial charge is 0.273 e. The molecule has 0 fully saturated rings. The summed E-state index contributed by atoms with van der Waals surface area (Å²) >= 11 is 0. The minimum absolute atomic E-state index is 0.183. The maximum absolute atomic E-state index is 11.7. The normalized spacial score (nSPS) is 10.1. The van der Waals surface area contributed by atoms with E-state index in [9.17, 15) is 4.79 Å². The Labute approximate surface area is 82.0 Å². The van der Waals surface area contributed by atoms with Crippen LogP contribution in [-0.4, -0.2) is 48.3 Å². The summed E-state index contributed by atoms with van der Waals surface area (Å²) in [5.41, 5.74) is 6.22. The van der Waals surface area contributed by atoms with Crippen molar-refractivity contribution in [2.75, 3.05) is 33.0 Å². The van der Waals surface area contributed by atoms with Crippen LogP contribution < -0.4 is 5.73 Å². The van der Waals surface area contributed by atoms with Crippen LogP contribution in [0.15, 0.2) is 6.20 Å². The van der Waals surface area contributed by atoms with E-state index in [1.54, 1.807) is 14.2 Å². The number of carbonyl (C=O) groups is 1. The van der Waals surface area contributed by atoms with E-state index in [0.717, 1.165) is 0 Å². The second-order valence-corrected chi connectivity index (χ2v) is 2.92. The van der Waals surface area contributed by atoms with E-state index in [2.05, 4.69) is 10.2 Å². The van der Waals surface area contributed by atoms with Gasteiger partial charge in [0, 0.05) is 20.7 Å². The van der Waals surface area contributed by atoms with E-state index in [-0.39, 0.29) is 5.91 Å². The molecule has 78 valence electrons. The molecule has 0 aliphatic rings. The number of hydrogen-bond acceptors (Lipinski definition) is 4. The first-order valence-electron chi connectivity index (χ1n) is 4.20. The van der Waals surface area contributed by atoms with Crippen molar-refractivity contribution in [3.63, 3.8) is 0 Å². The fourth-order valence-electron chi connectivity index (χ4n) is 0.987. The third kappa shape index (κ3) is 2.23. The number of H-pyrrole nitrogens is 1.